The number of hydrogen-bond acceptors (Lipinski definition) is 3. The summed E-state index contributed by atoms with van der Waals surface area (Å²) in [6, 6.07) is 13.1. The van der Waals surface area contributed by atoms with Crippen LogP contribution in [0, 0.1) is 5.41 Å². The Hall–Kier alpha value is -2.79. The van der Waals surface area contributed by atoms with E-state index in [4.69, 9.17) is 16.3 Å². The number of anilines is 2. The van der Waals surface area contributed by atoms with Crippen LogP contribution in [0.3, 0.4) is 0 Å². The van der Waals surface area contributed by atoms with Gasteiger partial charge in [-0.3, -0.25) is 9.59 Å². The molecule has 1 heterocycles. The van der Waals surface area contributed by atoms with Crippen molar-refractivity contribution in [1.82, 2.24) is 0 Å². The van der Waals surface area contributed by atoms with Gasteiger partial charge in [0.2, 0.25) is 11.8 Å². The fourth-order valence-corrected chi connectivity index (χ4v) is 4.81. The minimum Gasteiger partial charge on any atom is -0.490 e. The van der Waals surface area contributed by atoms with Crippen LogP contribution in [0.5, 0.6) is 5.75 Å². The van der Waals surface area contributed by atoms with Crippen molar-refractivity contribution in [3.63, 3.8) is 0 Å². The van der Waals surface area contributed by atoms with Crippen molar-refractivity contribution in [2.45, 2.75) is 44.9 Å². The summed E-state index contributed by atoms with van der Waals surface area (Å²) >= 11 is 6.07. The van der Waals surface area contributed by atoms with Gasteiger partial charge < -0.3 is 15.0 Å². The number of benzene rings is 2. The van der Waals surface area contributed by atoms with Gasteiger partial charge in [0.15, 0.2) is 0 Å². The Morgan fingerprint density at radius 1 is 1.19 bits per heavy atom. The quantitative estimate of drug-likeness (QED) is 0.589. The molecular formula is C26H29ClN2O3. The van der Waals surface area contributed by atoms with E-state index in [2.05, 4.69) is 11.9 Å². The van der Waals surface area contributed by atoms with Crippen LogP contribution in [0.1, 0.15) is 45.1 Å². The van der Waals surface area contributed by atoms with Crippen molar-refractivity contribution in [3.05, 3.63) is 65.7 Å². The van der Waals surface area contributed by atoms with Crippen molar-refractivity contribution in [3.8, 4) is 5.75 Å². The lowest BCUT2D eigenvalue weighted by atomic mass is 9.78. The van der Waals surface area contributed by atoms with Crippen LogP contribution >= 0.6 is 11.6 Å². The number of carbonyl (C=O) groups excluding carboxylic acids is 2. The molecule has 168 valence electrons. The van der Waals surface area contributed by atoms with E-state index in [0.29, 0.717) is 28.7 Å². The molecule has 2 amide bonds. The van der Waals surface area contributed by atoms with E-state index in [0.717, 1.165) is 31.2 Å². The first-order valence-electron chi connectivity index (χ1n) is 11.0. The number of rotatable bonds is 5. The maximum atomic E-state index is 13.5. The molecule has 0 radical (unpaired) electrons. The highest BCUT2D eigenvalue weighted by molar-refractivity contribution is 6.30. The van der Waals surface area contributed by atoms with E-state index < -0.39 is 10.8 Å². The summed E-state index contributed by atoms with van der Waals surface area (Å²) < 4.78 is 6.02. The lowest BCUT2D eigenvalue weighted by Gasteiger charge is -2.29. The summed E-state index contributed by atoms with van der Waals surface area (Å²) in [5.74, 6) is 0.543. The van der Waals surface area contributed by atoms with Gasteiger partial charge in [-0.05, 0) is 56.5 Å². The Morgan fingerprint density at radius 2 is 1.88 bits per heavy atom. The van der Waals surface area contributed by atoms with E-state index in [9.17, 15) is 9.59 Å². The molecule has 0 aromatic heterocycles. The van der Waals surface area contributed by atoms with E-state index in [1.807, 2.05) is 56.3 Å². The number of amides is 2. The Balaban J connectivity index is 1.64. The predicted molar refractivity (Wildman–Crippen MR) is 128 cm³/mol. The third-order valence-corrected chi connectivity index (χ3v) is 6.77. The first kappa shape index (κ1) is 22.4. The lowest BCUT2D eigenvalue weighted by Crippen LogP contribution is -2.42. The molecule has 1 aliphatic carbocycles. The van der Waals surface area contributed by atoms with Gasteiger partial charge in [-0.25, -0.2) is 0 Å². The van der Waals surface area contributed by atoms with Gasteiger partial charge in [-0.1, -0.05) is 42.7 Å². The Kier molecular flexibility index (Phi) is 6.04. The monoisotopic (exact) mass is 452 g/mol. The van der Waals surface area contributed by atoms with E-state index in [-0.39, 0.29) is 18.4 Å². The van der Waals surface area contributed by atoms with Crippen molar-refractivity contribution in [2.75, 3.05) is 23.4 Å². The molecule has 2 aromatic rings. The molecule has 4 rings (SSSR count). The summed E-state index contributed by atoms with van der Waals surface area (Å²) in [7, 11) is 0. The van der Waals surface area contributed by atoms with Gasteiger partial charge in [-0.2, -0.15) is 0 Å². The number of carbonyl (C=O) groups is 2. The Morgan fingerprint density at radius 3 is 2.53 bits per heavy atom. The van der Waals surface area contributed by atoms with Gasteiger partial charge in [0.25, 0.3) is 0 Å². The van der Waals surface area contributed by atoms with Crippen LogP contribution in [-0.2, 0) is 15.0 Å². The topological polar surface area (TPSA) is 58.6 Å². The molecule has 1 aliphatic heterocycles. The van der Waals surface area contributed by atoms with Crippen LogP contribution in [0.25, 0.3) is 0 Å². The smallest absolute Gasteiger partial charge is 0.236 e. The third-order valence-electron chi connectivity index (χ3n) is 6.52. The normalized spacial score (nSPS) is 19.0. The van der Waals surface area contributed by atoms with Crippen LogP contribution < -0.4 is 15.0 Å². The van der Waals surface area contributed by atoms with Crippen molar-refractivity contribution < 1.29 is 14.3 Å². The Bertz CT molecular complexity index is 1040. The standard InChI is InChI=1S/C26H29ClN2O3/c1-4-15-29-21-12-11-20(16-22(21)32-17-25(2,3)24(29)31)28-23(30)26(13-5-6-14-26)18-7-9-19(27)10-8-18/h4,7-12,16H,1,5-6,13-15,17H2,2-3H3,(H,28,30). The maximum absolute atomic E-state index is 13.5. The number of fused-ring (bicyclic) bond motifs is 1. The van der Waals surface area contributed by atoms with Gasteiger partial charge in [0.05, 0.1) is 16.5 Å². The number of nitrogens with zero attached hydrogens (tertiary/aromatic N) is 1. The summed E-state index contributed by atoms with van der Waals surface area (Å²) in [6.45, 7) is 8.18. The fourth-order valence-electron chi connectivity index (χ4n) is 4.68. The zero-order valence-electron chi connectivity index (χ0n) is 18.6. The molecule has 0 unspecified atom stereocenters. The maximum Gasteiger partial charge on any atom is 0.236 e. The molecule has 2 aromatic carbocycles. The molecule has 32 heavy (non-hydrogen) atoms. The van der Waals surface area contributed by atoms with Crippen molar-refractivity contribution in [2.24, 2.45) is 5.41 Å². The predicted octanol–water partition coefficient (Wildman–Crippen LogP) is 5.73. The molecule has 0 saturated heterocycles. The first-order chi connectivity index (χ1) is 15.3. The van der Waals surface area contributed by atoms with Crippen LogP contribution in [0.15, 0.2) is 55.1 Å². The van der Waals surface area contributed by atoms with Crippen LogP contribution in [-0.4, -0.2) is 25.0 Å². The first-order valence-corrected chi connectivity index (χ1v) is 11.4. The van der Waals surface area contributed by atoms with Gasteiger partial charge in [0.1, 0.15) is 12.4 Å². The third kappa shape index (κ3) is 4.02. The zero-order valence-corrected chi connectivity index (χ0v) is 19.4. The highest BCUT2D eigenvalue weighted by Gasteiger charge is 2.43. The second-order valence-corrected chi connectivity index (χ2v) is 9.75. The van der Waals surface area contributed by atoms with E-state index in [1.165, 1.54) is 0 Å². The van der Waals surface area contributed by atoms with Gasteiger partial charge >= 0.3 is 0 Å². The molecule has 1 fully saturated rings. The summed E-state index contributed by atoms with van der Waals surface area (Å²) in [4.78, 5) is 28.2. The number of nitrogens with one attached hydrogen (secondary N) is 1. The second-order valence-electron chi connectivity index (χ2n) is 9.31. The largest absolute Gasteiger partial charge is 0.490 e. The lowest BCUT2D eigenvalue weighted by molar-refractivity contribution is -0.127. The Labute approximate surface area is 194 Å². The van der Waals surface area contributed by atoms with Gasteiger partial charge in [-0.15, -0.1) is 6.58 Å². The summed E-state index contributed by atoms with van der Waals surface area (Å²) in [5, 5.41) is 3.77. The summed E-state index contributed by atoms with van der Waals surface area (Å²) in [5.41, 5.74) is 1.11. The number of ether oxygens (including phenoxy) is 1. The minimum atomic E-state index is -0.659. The average Bonchev–Trinajstić information content (AvgIpc) is 3.25. The number of halogens is 1. The highest BCUT2D eigenvalue weighted by atomic mass is 35.5. The average molecular weight is 453 g/mol. The van der Waals surface area contributed by atoms with E-state index >= 15 is 0 Å². The van der Waals surface area contributed by atoms with Crippen molar-refractivity contribution in [1.29, 1.82) is 0 Å². The molecule has 6 heteroatoms. The van der Waals surface area contributed by atoms with Crippen molar-refractivity contribution >= 4 is 34.8 Å². The zero-order chi connectivity index (χ0) is 22.9. The number of hydrogen-bond donors (Lipinski definition) is 1. The van der Waals surface area contributed by atoms with Crippen LogP contribution in [0.2, 0.25) is 5.02 Å². The molecule has 0 bridgehead atoms. The SMILES string of the molecule is C=CCN1C(=O)C(C)(C)COc2cc(NC(=O)C3(c4ccc(Cl)cc4)CCCC3)ccc21. The molecule has 5 nitrogen and oxygen atoms in total. The molecule has 0 atom stereocenters. The van der Waals surface area contributed by atoms with Crippen LogP contribution in [0.4, 0.5) is 11.4 Å². The molecule has 2 aliphatic rings. The highest BCUT2D eigenvalue weighted by Crippen LogP contribution is 2.43. The summed E-state index contributed by atoms with van der Waals surface area (Å²) in [6.07, 6.45) is 5.33. The van der Waals surface area contributed by atoms with Gasteiger partial charge in [0, 0.05) is 23.3 Å². The molecule has 1 N–H and O–H groups in total. The second kappa shape index (κ2) is 8.62. The molecule has 1 saturated carbocycles. The fraction of sp³-hybridized carbons (Fsp3) is 0.385. The minimum absolute atomic E-state index is 0.0133. The molecule has 0 spiro atoms. The van der Waals surface area contributed by atoms with E-state index in [1.54, 1.807) is 11.0 Å². The molecular weight excluding hydrogens is 424 g/mol.